The molecule has 136 valence electrons. The average molecular weight is 426 g/mol. The van der Waals surface area contributed by atoms with Gasteiger partial charge in [0.05, 0.1) is 17.8 Å². The summed E-state index contributed by atoms with van der Waals surface area (Å²) >= 11 is 10.6. The minimum Gasteiger partial charge on any atom is -0.486 e. The van der Waals surface area contributed by atoms with Crippen LogP contribution >= 0.6 is 46.0 Å². The van der Waals surface area contributed by atoms with Crippen molar-refractivity contribution in [3.05, 3.63) is 55.9 Å². The Morgan fingerprint density at radius 1 is 1.31 bits per heavy atom. The van der Waals surface area contributed by atoms with E-state index in [1.807, 2.05) is 24.4 Å². The molecule has 9 heteroatoms. The van der Waals surface area contributed by atoms with Gasteiger partial charge in [-0.05, 0) is 31.2 Å². The molecule has 3 rings (SSSR count). The molecule has 0 aliphatic carbocycles. The van der Waals surface area contributed by atoms with E-state index in [4.69, 9.17) is 22.1 Å². The van der Waals surface area contributed by atoms with Crippen LogP contribution in [0.2, 0.25) is 5.02 Å². The number of hydrogen-bond donors (Lipinski definition) is 1. The van der Waals surface area contributed by atoms with Gasteiger partial charge in [-0.15, -0.1) is 22.7 Å². The van der Waals surface area contributed by atoms with Gasteiger partial charge in [0.2, 0.25) is 5.91 Å². The van der Waals surface area contributed by atoms with Crippen molar-refractivity contribution in [2.75, 3.05) is 0 Å². The normalized spacial score (nSPS) is 10.8. The van der Waals surface area contributed by atoms with Gasteiger partial charge in [-0.3, -0.25) is 4.79 Å². The number of rotatable bonds is 8. The van der Waals surface area contributed by atoms with E-state index in [1.54, 1.807) is 35.2 Å². The Balaban J connectivity index is 1.52. The van der Waals surface area contributed by atoms with E-state index in [-0.39, 0.29) is 12.3 Å². The third-order valence-corrected chi connectivity index (χ3v) is 6.78. The van der Waals surface area contributed by atoms with Crippen LogP contribution in [0.15, 0.2) is 34.0 Å². The van der Waals surface area contributed by atoms with E-state index in [0.29, 0.717) is 11.6 Å². The molecule has 0 atom stereocenters. The summed E-state index contributed by atoms with van der Waals surface area (Å²) < 4.78 is 6.63. The minimum absolute atomic E-state index is 0.243. The quantitative estimate of drug-likeness (QED) is 0.539. The SMILES string of the molecule is Cc1nc(SCc2csc(COc3ccc(Cl)cc3)n2)sc1CC(N)=O. The smallest absolute Gasteiger partial charge is 0.222 e. The summed E-state index contributed by atoms with van der Waals surface area (Å²) in [5.74, 6) is 1.15. The number of aromatic nitrogens is 2. The molecule has 0 saturated carbocycles. The zero-order valence-corrected chi connectivity index (χ0v) is 17.1. The van der Waals surface area contributed by atoms with Gasteiger partial charge in [-0.25, -0.2) is 9.97 Å². The van der Waals surface area contributed by atoms with Gasteiger partial charge in [0.15, 0.2) is 4.34 Å². The van der Waals surface area contributed by atoms with Crippen molar-refractivity contribution in [2.45, 2.75) is 30.0 Å². The maximum absolute atomic E-state index is 11.1. The number of ether oxygens (including phenoxy) is 1. The minimum atomic E-state index is -0.335. The standard InChI is InChI=1S/C17H16ClN3O2S3/c1-10-14(6-15(19)22)26-17(20-10)25-9-12-8-24-16(21-12)7-23-13-4-2-11(18)3-5-13/h2-5,8H,6-7,9H2,1H3,(H2,19,22). The molecule has 1 amide bonds. The second kappa shape index (κ2) is 8.85. The molecule has 2 N–H and O–H groups in total. The monoisotopic (exact) mass is 425 g/mol. The summed E-state index contributed by atoms with van der Waals surface area (Å²) in [5, 5.41) is 3.63. The fourth-order valence-electron chi connectivity index (χ4n) is 2.08. The summed E-state index contributed by atoms with van der Waals surface area (Å²) in [4.78, 5) is 21.1. The number of benzene rings is 1. The van der Waals surface area contributed by atoms with Crippen molar-refractivity contribution < 1.29 is 9.53 Å². The number of thiazole rings is 2. The molecule has 5 nitrogen and oxygen atoms in total. The third-order valence-electron chi connectivity index (χ3n) is 3.33. The Bertz CT molecular complexity index is 893. The number of hydrogen-bond acceptors (Lipinski definition) is 7. The van der Waals surface area contributed by atoms with Gasteiger partial charge >= 0.3 is 0 Å². The molecule has 0 unspecified atom stereocenters. The van der Waals surface area contributed by atoms with E-state index < -0.39 is 0 Å². The molecule has 0 fully saturated rings. The van der Waals surface area contributed by atoms with Crippen molar-refractivity contribution in [2.24, 2.45) is 5.73 Å². The third kappa shape index (κ3) is 5.44. The van der Waals surface area contributed by atoms with Crippen molar-refractivity contribution >= 4 is 51.9 Å². The van der Waals surface area contributed by atoms with E-state index >= 15 is 0 Å². The number of halogens is 1. The summed E-state index contributed by atoms with van der Waals surface area (Å²) in [6.45, 7) is 2.32. The molecule has 3 aromatic rings. The van der Waals surface area contributed by atoms with Crippen LogP contribution in [0, 0.1) is 6.92 Å². The van der Waals surface area contributed by atoms with Gasteiger partial charge in [-0.1, -0.05) is 23.4 Å². The van der Waals surface area contributed by atoms with Crippen molar-refractivity contribution in [3.63, 3.8) is 0 Å². The lowest BCUT2D eigenvalue weighted by Gasteiger charge is -2.03. The molecule has 0 saturated heterocycles. The average Bonchev–Trinajstić information content (AvgIpc) is 3.19. The number of aryl methyl sites for hydroxylation is 1. The van der Waals surface area contributed by atoms with Crippen LogP contribution in [-0.4, -0.2) is 15.9 Å². The lowest BCUT2D eigenvalue weighted by Crippen LogP contribution is -2.13. The zero-order valence-electron chi connectivity index (χ0n) is 13.9. The first-order valence-electron chi connectivity index (χ1n) is 7.68. The number of amides is 1. The number of carbonyl (C=O) groups excluding carboxylic acids is 1. The van der Waals surface area contributed by atoms with Crippen LogP contribution in [0.5, 0.6) is 5.75 Å². The highest BCUT2D eigenvalue weighted by molar-refractivity contribution is 8.00. The second-order valence-corrected chi connectivity index (χ2v) is 9.08. The molecular formula is C17H16ClN3O2S3. The molecule has 0 spiro atoms. The van der Waals surface area contributed by atoms with E-state index in [0.717, 1.165) is 37.1 Å². The topological polar surface area (TPSA) is 78.1 Å². The maximum Gasteiger partial charge on any atom is 0.222 e. The molecule has 1 aromatic carbocycles. The first-order valence-corrected chi connectivity index (χ1v) is 10.7. The summed E-state index contributed by atoms with van der Waals surface area (Å²) in [7, 11) is 0. The van der Waals surface area contributed by atoms with Crippen molar-refractivity contribution in [1.29, 1.82) is 0 Å². The van der Waals surface area contributed by atoms with Crippen LogP contribution in [0.4, 0.5) is 0 Å². The highest BCUT2D eigenvalue weighted by Crippen LogP contribution is 2.30. The fraction of sp³-hybridized carbons (Fsp3) is 0.235. The second-order valence-electron chi connectivity index (χ2n) is 5.40. The van der Waals surface area contributed by atoms with Crippen LogP contribution in [-0.2, 0) is 23.6 Å². The van der Waals surface area contributed by atoms with Crippen LogP contribution in [0.1, 0.15) is 21.3 Å². The Morgan fingerprint density at radius 2 is 2.08 bits per heavy atom. The lowest BCUT2D eigenvalue weighted by atomic mass is 10.3. The predicted octanol–water partition coefficient (Wildman–Crippen LogP) is 4.46. The van der Waals surface area contributed by atoms with Crippen LogP contribution in [0.25, 0.3) is 0 Å². The van der Waals surface area contributed by atoms with Crippen LogP contribution < -0.4 is 10.5 Å². The Hall–Kier alpha value is -1.61. The van der Waals surface area contributed by atoms with Gasteiger partial charge in [0.25, 0.3) is 0 Å². The lowest BCUT2D eigenvalue weighted by molar-refractivity contribution is -0.117. The van der Waals surface area contributed by atoms with Gasteiger partial charge in [0.1, 0.15) is 17.4 Å². The number of carbonyl (C=O) groups is 1. The number of nitrogens with two attached hydrogens (primary N) is 1. The largest absolute Gasteiger partial charge is 0.486 e. The molecule has 26 heavy (non-hydrogen) atoms. The molecule has 0 aliphatic rings. The van der Waals surface area contributed by atoms with Crippen LogP contribution in [0.3, 0.4) is 0 Å². The van der Waals surface area contributed by atoms with Gasteiger partial charge in [0, 0.05) is 21.0 Å². The summed E-state index contributed by atoms with van der Waals surface area (Å²) in [6, 6.07) is 7.26. The Labute approximate surface area is 168 Å². The molecule has 0 bridgehead atoms. The maximum atomic E-state index is 11.1. The van der Waals surface area contributed by atoms with Crippen molar-refractivity contribution in [3.8, 4) is 5.75 Å². The first-order chi connectivity index (χ1) is 12.5. The molecule has 2 aromatic heterocycles. The number of primary amides is 1. The summed E-state index contributed by atoms with van der Waals surface area (Å²) in [5.41, 5.74) is 7.11. The van der Waals surface area contributed by atoms with Gasteiger partial charge < -0.3 is 10.5 Å². The predicted molar refractivity (Wildman–Crippen MR) is 107 cm³/mol. The Morgan fingerprint density at radius 3 is 2.81 bits per heavy atom. The first kappa shape index (κ1) is 19.2. The molecule has 2 heterocycles. The fourth-order valence-corrected chi connectivity index (χ4v) is 5.15. The number of nitrogens with zero attached hydrogens (tertiary/aromatic N) is 2. The van der Waals surface area contributed by atoms with Gasteiger partial charge in [-0.2, -0.15) is 0 Å². The highest BCUT2D eigenvalue weighted by atomic mass is 35.5. The highest BCUT2D eigenvalue weighted by Gasteiger charge is 2.11. The molecule has 0 radical (unpaired) electrons. The van der Waals surface area contributed by atoms with E-state index in [9.17, 15) is 4.79 Å². The molecule has 0 aliphatic heterocycles. The van der Waals surface area contributed by atoms with E-state index in [2.05, 4.69) is 9.97 Å². The van der Waals surface area contributed by atoms with E-state index in [1.165, 1.54) is 11.3 Å². The number of thioether (sulfide) groups is 1. The summed E-state index contributed by atoms with van der Waals surface area (Å²) in [6.07, 6.45) is 0.243. The molecular weight excluding hydrogens is 410 g/mol. The zero-order chi connectivity index (χ0) is 18.5. The Kier molecular flexibility index (Phi) is 6.53. The van der Waals surface area contributed by atoms with Crippen molar-refractivity contribution in [1.82, 2.24) is 9.97 Å².